The summed E-state index contributed by atoms with van der Waals surface area (Å²) >= 11 is 3.90. The number of nitrogens with one attached hydrogen (secondary N) is 2. The molecule has 2 rings (SSSR count). The predicted molar refractivity (Wildman–Crippen MR) is 123 cm³/mol. The van der Waals surface area contributed by atoms with Gasteiger partial charge in [-0.05, 0) is 56.0 Å². The van der Waals surface area contributed by atoms with Crippen LogP contribution in [0.5, 0.6) is 0 Å². The molecule has 0 atom stereocenters. The lowest BCUT2D eigenvalue weighted by Gasteiger charge is -2.23. The number of nitrogens with two attached hydrogens (primary N) is 2. The number of carbonyl (C=O) groups is 1. The zero-order valence-corrected chi connectivity index (χ0v) is 19.1. The molecule has 13 heteroatoms. The molecule has 0 saturated carbocycles. The number of thiol groups is 1. The Hall–Kier alpha value is -2.90. The number of hydrazone groups is 1. The quantitative estimate of drug-likeness (QED) is 0.121. The molecule has 0 aliphatic carbocycles. The Morgan fingerprint density at radius 1 is 1.24 bits per heavy atom. The number of amidine groups is 1. The minimum atomic E-state index is -4.32. The van der Waals surface area contributed by atoms with Crippen LogP contribution < -0.4 is 21.7 Å². The zero-order chi connectivity index (χ0) is 24.6. The second-order valence-electron chi connectivity index (χ2n) is 7.43. The van der Waals surface area contributed by atoms with Gasteiger partial charge in [-0.25, -0.2) is 10.8 Å². The number of aryl methyl sites for hydroxylation is 1. The number of hydrogen-bond acceptors (Lipinski definition) is 8. The van der Waals surface area contributed by atoms with E-state index in [2.05, 4.69) is 37.9 Å². The molecule has 0 aliphatic heterocycles. The van der Waals surface area contributed by atoms with E-state index in [1.807, 2.05) is 13.8 Å². The molecule has 2 aromatic rings. The molecule has 0 bridgehead atoms. The third-order valence-corrected chi connectivity index (χ3v) is 4.87. The summed E-state index contributed by atoms with van der Waals surface area (Å²) in [7, 11) is 0. The first kappa shape index (κ1) is 26.4. The fraction of sp³-hybridized carbons (Fsp3) is 0.400. The van der Waals surface area contributed by atoms with Gasteiger partial charge in [0.1, 0.15) is 17.2 Å². The number of hydrazine groups is 1. The fourth-order valence-electron chi connectivity index (χ4n) is 2.89. The molecule has 9 nitrogen and oxygen atoms in total. The first-order valence-corrected chi connectivity index (χ1v) is 10.5. The summed E-state index contributed by atoms with van der Waals surface area (Å²) in [6, 6.07) is 6.06. The van der Waals surface area contributed by atoms with E-state index in [1.165, 1.54) is 17.3 Å². The molecule has 0 aliphatic rings. The van der Waals surface area contributed by atoms with Gasteiger partial charge in [-0.1, -0.05) is 18.9 Å². The lowest BCUT2D eigenvalue weighted by atomic mass is 10.0. The van der Waals surface area contributed by atoms with Crippen LogP contribution in [0.1, 0.15) is 47.6 Å². The molecule has 0 unspecified atom stereocenters. The van der Waals surface area contributed by atoms with Crippen LogP contribution in [0.3, 0.4) is 0 Å². The zero-order valence-electron chi connectivity index (χ0n) is 18.2. The van der Waals surface area contributed by atoms with E-state index in [9.17, 15) is 18.0 Å². The summed E-state index contributed by atoms with van der Waals surface area (Å²) in [6.07, 6.45) is -3.76. The van der Waals surface area contributed by atoms with Crippen LogP contribution in [0.2, 0.25) is 0 Å². The molecule has 0 saturated heterocycles. The minimum absolute atomic E-state index is 0.0303. The summed E-state index contributed by atoms with van der Waals surface area (Å²) in [5.41, 5.74) is 1.31. The van der Waals surface area contributed by atoms with Crippen molar-refractivity contribution in [2.24, 2.45) is 16.8 Å². The maximum absolute atomic E-state index is 12.8. The summed E-state index contributed by atoms with van der Waals surface area (Å²) in [5, 5.41) is 7.60. The van der Waals surface area contributed by atoms with Crippen molar-refractivity contribution in [3.8, 4) is 0 Å². The lowest BCUT2D eigenvalue weighted by molar-refractivity contribution is -0.134. The highest BCUT2D eigenvalue weighted by Crippen LogP contribution is 2.24. The molecule has 0 radical (unpaired) electrons. The van der Waals surface area contributed by atoms with Crippen molar-refractivity contribution in [3.05, 3.63) is 53.0 Å². The van der Waals surface area contributed by atoms with Gasteiger partial charge in [0.15, 0.2) is 5.84 Å². The average Bonchev–Trinajstić information content (AvgIpc) is 2.76. The van der Waals surface area contributed by atoms with Crippen molar-refractivity contribution in [2.75, 3.05) is 11.9 Å². The number of alkyl halides is 3. The molecule has 0 fully saturated rings. The Kier molecular flexibility index (Phi) is 9.44. The van der Waals surface area contributed by atoms with Crippen molar-refractivity contribution in [3.63, 3.8) is 0 Å². The first-order valence-electron chi connectivity index (χ1n) is 10.1. The number of hydrogen-bond donors (Lipinski definition) is 5. The van der Waals surface area contributed by atoms with E-state index in [1.54, 1.807) is 18.2 Å². The van der Waals surface area contributed by atoms with Crippen LogP contribution in [-0.2, 0) is 12.8 Å². The van der Waals surface area contributed by atoms with E-state index in [0.717, 1.165) is 0 Å². The Morgan fingerprint density at radius 3 is 2.58 bits per heavy atom. The van der Waals surface area contributed by atoms with Gasteiger partial charge in [-0.2, -0.15) is 18.3 Å². The second-order valence-corrected chi connectivity index (χ2v) is 7.74. The van der Waals surface area contributed by atoms with Crippen molar-refractivity contribution < 1.29 is 18.0 Å². The second kappa shape index (κ2) is 11.8. The molecular formula is C20H27F3N8OS. The van der Waals surface area contributed by atoms with Crippen molar-refractivity contribution in [2.45, 2.75) is 45.3 Å². The molecule has 33 heavy (non-hydrogen) atoms. The summed E-state index contributed by atoms with van der Waals surface area (Å²) in [5.74, 6) is 11.2. The van der Waals surface area contributed by atoms with Gasteiger partial charge in [0.05, 0.1) is 0 Å². The highest BCUT2D eigenvalue weighted by Gasteiger charge is 2.27. The molecule has 2 heterocycles. The van der Waals surface area contributed by atoms with Crippen LogP contribution in [-0.4, -0.2) is 45.5 Å². The standard InChI is InChI=1S/C20H27F3N8OS/c1-12(2)31(25)18(30-24)15-4-3-5-17(28-15)29-19(32)16-10-13(6-8-20(21,22)23)14(11-26-16)7-9-27-33/h3-5,10-12,27,33H,6-9,24-25H2,1-2H3,(H,28,29,32)/b30-18-. The average molecular weight is 485 g/mol. The first-order chi connectivity index (χ1) is 15.6. The molecule has 1 amide bonds. The summed E-state index contributed by atoms with van der Waals surface area (Å²) in [4.78, 5) is 21.2. The maximum atomic E-state index is 12.8. The largest absolute Gasteiger partial charge is 0.389 e. The Bertz CT molecular complexity index is 984. The van der Waals surface area contributed by atoms with Crippen LogP contribution in [0.25, 0.3) is 0 Å². The van der Waals surface area contributed by atoms with Crippen LogP contribution in [0.15, 0.2) is 35.6 Å². The van der Waals surface area contributed by atoms with E-state index in [4.69, 9.17) is 11.7 Å². The van der Waals surface area contributed by atoms with Gasteiger partial charge in [-0.15, -0.1) is 0 Å². The number of halogens is 3. The van der Waals surface area contributed by atoms with E-state index in [0.29, 0.717) is 29.8 Å². The molecule has 0 spiro atoms. The SMILES string of the molecule is CC(C)N(N)/C(=N\N)c1cccc(NC(=O)c2cc(CCC(F)(F)F)c(CCNS)cn2)n1. The molecule has 0 aromatic carbocycles. The Morgan fingerprint density at radius 2 is 1.97 bits per heavy atom. The number of carbonyl (C=O) groups excluding carboxylic acids is 1. The lowest BCUT2D eigenvalue weighted by Crippen LogP contribution is -2.44. The number of amides is 1. The van der Waals surface area contributed by atoms with Gasteiger partial charge >= 0.3 is 6.18 Å². The monoisotopic (exact) mass is 484 g/mol. The third kappa shape index (κ3) is 7.87. The Balaban J connectivity index is 2.25. The number of pyridine rings is 2. The molecule has 180 valence electrons. The normalized spacial score (nSPS) is 12.2. The third-order valence-electron chi connectivity index (χ3n) is 4.64. The van der Waals surface area contributed by atoms with E-state index in [-0.39, 0.29) is 29.8 Å². The maximum Gasteiger partial charge on any atom is 0.389 e. The van der Waals surface area contributed by atoms with Crippen LogP contribution >= 0.6 is 12.8 Å². The van der Waals surface area contributed by atoms with Gasteiger partial charge in [0.2, 0.25) is 0 Å². The number of aromatic nitrogens is 2. The van der Waals surface area contributed by atoms with Crippen LogP contribution in [0, 0.1) is 0 Å². The van der Waals surface area contributed by atoms with Gasteiger partial charge in [0.25, 0.3) is 5.91 Å². The smallest absolute Gasteiger partial charge is 0.321 e. The van der Waals surface area contributed by atoms with Crippen molar-refractivity contribution >= 4 is 30.4 Å². The van der Waals surface area contributed by atoms with Crippen molar-refractivity contribution in [1.82, 2.24) is 19.7 Å². The highest BCUT2D eigenvalue weighted by atomic mass is 32.1. The molecule has 2 aromatic heterocycles. The highest BCUT2D eigenvalue weighted by molar-refractivity contribution is 7.78. The fourth-order valence-corrected chi connectivity index (χ4v) is 3.01. The van der Waals surface area contributed by atoms with Gasteiger partial charge < -0.3 is 11.2 Å². The number of rotatable bonds is 9. The van der Waals surface area contributed by atoms with Gasteiger partial charge in [-0.3, -0.25) is 19.5 Å². The minimum Gasteiger partial charge on any atom is -0.321 e. The number of anilines is 1. The van der Waals surface area contributed by atoms with E-state index >= 15 is 0 Å². The molecular weight excluding hydrogens is 457 g/mol. The van der Waals surface area contributed by atoms with Crippen LogP contribution in [0.4, 0.5) is 19.0 Å². The topological polar surface area (TPSA) is 135 Å². The predicted octanol–water partition coefficient (Wildman–Crippen LogP) is 2.41. The van der Waals surface area contributed by atoms with E-state index < -0.39 is 18.5 Å². The van der Waals surface area contributed by atoms with Crippen molar-refractivity contribution in [1.29, 1.82) is 0 Å². The van der Waals surface area contributed by atoms with Gasteiger partial charge in [0, 0.05) is 25.2 Å². The molecule has 6 N–H and O–H groups in total. The summed E-state index contributed by atoms with van der Waals surface area (Å²) in [6.45, 7) is 4.12. The summed E-state index contributed by atoms with van der Waals surface area (Å²) < 4.78 is 40.9. The Labute approximate surface area is 195 Å². The number of nitrogens with zero attached hydrogens (tertiary/aromatic N) is 4.